The maximum absolute atomic E-state index is 12.1. The Balaban J connectivity index is 2.19. The molecule has 0 bridgehead atoms. The molecule has 0 unspecified atom stereocenters. The second-order valence-corrected chi connectivity index (χ2v) is 7.35. The monoisotopic (exact) mass is 317 g/mol. The van der Waals surface area contributed by atoms with E-state index in [1.54, 1.807) is 6.07 Å². The van der Waals surface area contributed by atoms with Crippen LogP contribution in [0.15, 0.2) is 22.7 Å². The molecule has 0 radical (unpaired) electrons. The van der Waals surface area contributed by atoms with Crippen molar-refractivity contribution < 1.29 is 8.42 Å². The van der Waals surface area contributed by atoms with Gasteiger partial charge in [0.15, 0.2) is 0 Å². The molecule has 1 aliphatic rings. The highest BCUT2D eigenvalue weighted by molar-refractivity contribution is 9.10. The quantitative estimate of drug-likeness (QED) is 0.928. The van der Waals surface area contributed by atoms with Gasteiger partial charge in [-0.25, -0.2) is 8.42 Å². The van der Waals surface area contributed by atoms with Gasteiger partial charge in [-0.3, -0.25) is 4.72 Å². The predicted molar refractivity (Wildman–Crippen MR) is 73.7 cm³/mol. The molecule has 1 saturated carbocycles. The summed E-state index contributed by atoms with van der Waals surface area (Å²) in [6.07, 6.45) is 3.58. The van der Waals surface area contributed by atoms with Crippen molar-refractivity contribution in [2.75, 3.05) is 4.72 Å². The van der Waals surface area contributed by atoms with Gasteiger partial charge in [-0.05, 0) is 53.4 Å². The number of hydrogen-bond donors (Lipinski definition) is 1. The lowest BCUT2D eigenvalue weighted by Gasteiger charge is -2.14. The lowest BCUT2D eigenvalue weighted by molar-refractivity contribution is 0.585. The SMILES string of the molecule is Cc1ccc(NS(=O)(=O)C2CCCC2)c(Br)c1. The Bertz CT molecular complexity index is 507. The zero-order valence-corrected chi connectivity index (χ0v) is 12.1. The molecule has 1 aromatic carbocycles. The molecule has 1 aliphatic carbocycles. The minimum absolute atomic E-state index is 0.226. The second-order valence-electron chi connectivity index (χ2n) is 4.54. The number of halogens is 1. The van der Waals surface area contributed by atoms with Crippen molar-refractivity contribution in [3.63, 3.8) is 0 Å². The molecule has 0 heterocycles. The van der Waals surface area contributed by atoms with Crippen LogP contribution in [0.5, 0.6) is 0 Å². The first kappa shape index (κ1) is 12.9. The first-order valence-corrected chi connectivity index (χ1v) is 8.11. The van der Waals surface area contributed by atoms with E-state index < -0.39 is 10.0 Å². The summed E-state index contributed by atoms with van der Waals surface area (Å²) in [4.78, 5) is 0. The van der Waals surface area contributed by atoms with E-state index in [2.05, 4.69) is 20.7 Å². The molecule has 94 valence electrons. The van der Waals surface area contributed by atoms with Crippen molar-refractivity contribution >= 4 is 31.6 Å². The van der Waals surface area contributed by atoms with E-state index in [1.165, 1.54) is 0 Å². The van der Waals surface area contributed by atoms with Gasteiger partial charge in [0, 0.05) is 4.47 Å². The van der Waals surface area contributed by atoms with E-state index >= 15 is 0 Å². The average Bonchev–Trinajstić information content (AvgIpc) is 2.76. The van der Waals surface area contributed by atoms with Gasteiger partial charge in [-0.15, -0.1) is 0 Å². The summed E-state index contributed by atoms with van der Waals surface area (Å²) in [5.74, 6) is 0. The van der Waals surface area contributed by atoms with Gasteiger partial charge >= 0.3 is 0 Å². The van der Waals surface area contributed by atoms with E-state index in [4.69, 9.17) is 0 Å². The van der Waals surface area contributed by atoms with Gasteiger partial charge in [0.2, 0.25) is 10.0 Å². The molecule has 0 amide bonds. The summed E-state index contributed by atoms with van der Waals surface area (Å²) >= 11 is 3.38. The normalized spacial score (nSPS) is 17.3. The first-order valence-electron chi connectivity index (χ1n) is 5.77. The fourth-order valence-corrected chi connectivity index (χ4v) is 4.47. The van der Waals surface area contributed by atoms with Crippen molar-refractivity contribution in [1.29, 1.82) is 0 Å². The molecule has 1 N–H and O–H groups in total. The first-order chi connectivity index (χ1) is 7.99. The number of aryl methyl sites for hydroxylation is 1. The van der Waals surface area contributed by atoms with Gasteiger partial charge in [-0.2, -0.15) is 0 Å². The minimum Gasteiger partial charge on any atom is -0.282 e. The Hall–Kier alpha value is -0.550. The zero-order valence-electron chi connectivity index (χ0n) is 9.74. The third-order valence-electron chi connectivity index (χ3n) is 3.12. The van der Waals surface area contributed by atoms with Gasteiger partial charge in [0.25, 0.3) is 0 Å². The van der Waals surface area contributed by atoms with Crippen LogP contribution in [-0.2, 0) is 10.0 Å². The zero-order chi connectivity index (χ0) is 12.5. The summed E-state index contributed by atoms with van der Waals surface area (Å²) in [5, 5.41) is -0.226. The molecule has 0 spiro atoms. The molecule has 0 atom stereocenters. The van der Waals surface area contributed by atoms with Crippen LogP contribution in [0.25, 0.3) is 0 Å². The Morgan fingerprint density at radius 3 is 2.53 bits per heavy atom. The molecule has 0 saturated heterocycles. The summed E-state index contributed by atoms with van der Waals surface area (Å²) in [7, 11) is -3.23. The number of sulfonamides is 1. The van der Waals surface area contributed by atoms with Crippen LogP contribution in [0.1, 0.15) is 31.2 Å². The second kappa shape index (κ2) is 4.98. The highest BCUT2D eigenvalue weighted by atomic mass is 79.9. The molecule has 1 fully saturated rings. The smallest absolute Gasteiger partial charge is 0.235 e. The Morgan fingerprint density at radius 1 is 1.29 bits per heavy atom. The molecule has 3 nitrogen and oxygen atoms in total. The van der Waals surface area contributed by atoms with Crippen LogP contribution in [-0.4, -0.2) is 13.7 Å². The van der Waals surface area contributed by atoms with E-state index in [0.717, 1.165) is 35.7 Å². The Labute approximate surface area is 111 Å². The van der Waals surface area contributed by atoms with E-state index in [0.29, 0.717) is 5.69 Å². The van der Waals surface area contributed by atoms with Crippen LogP contribution in [0, 0.1) is 6.92 Å². The number of hydrogen-bond acceptors (Lipinski definition) is 2. The van der Waals surface area contributed by atoms with E-state index in [1.807, 2.05) is 19.1 Å². The molecule has 17 heavy (non-hydrogen) atoms. The standard InChI is InChI=1S/C12H16BrNO2S/c1-9-6-7-12(11(13)8-9)14-17(15,16)10-4-2-3-5-10/h6-8,10,14H,2-5H2,1H3. The van der Waals surface area contributed by atoms with E-state index in [9.17, 15) is 8.42 Å². The number of anilines is 1. The maximum atomic E-state index is 12.1. The van der Waals surface area contributed by atoms with E-state index in [-0.39, 0.29) is 5.25 Å². The highest BCUT2D eigenvalue weighted by Crippen LogP contribution is 2.29. The van der Waals surface area contributed by atoms with Gasteiger partial charge in [0.05, 0.1) is 10.9 Å². The Kier molecular flexibility index (Phi) is 3.78. The van der Waals surface area contributed by atoms with Crippen LogP contribution in [0.2, 0.25) is 0 Å². The number of benzene rings is 1. The molecule has 0 aliphatic heterocycles. The average molecular weight is 318 g/mol. The molecular formula is C12H16BrNO2S. The van der Waals surface area contributed by atoms with Crippen LogP contribution >= 0.6 is 15.9 Å². The summed E-state index contributed by atoms with van der Waals surface area (Å²) in [5.41, 5.74) is 1.73. The number of rotatable bonds is 3. The van der Waals surface area contributed by atoms with Crippen molar-refractivity contribution in [2.45, 2.75) is 37.9 Å². The maximum Gasteiger partial charge on any atom is 0.235 e. The van der Waals surface area contributed by atoms with Gasteiger partial charge in [-0.1, -0.05) is 18.9 Å². The van der Waals surface area contributed by atoms with Crippen LogP contribution in [0.3, 0.4) is 0 Å². The third-order valence-corrected chi connectivity index (χ3v) is 5.63. The summed E-state index contributed by atoms with van der Waals surface area (Å²) in [6, 6.07) is 5.61. The van der Waals surface area contributed by atoms with Gasteiger partial charge < -0.3 is 0 Å². The molecule has 5 heteroatoms. The predicted octanol–water partition coefficient (Wildman–Crippen LogP) is 3.44. The van der Waals surface area contributed by atoms with Crippen molar-refractivity contribution in [3.8, 4) is 0 Å². The van der Waals surface area contributed by atoms with Crippen molar-refractivity contribution in [3.05, 3.63) is 28.2 Å². The van der Waals surface area contributed by atoms with Crippen LogP contribution in [0.4, 0.5) is 5.69 Å². The summed E-state index contributed by atoms with van der Waals surface area (Å²) in [6.45, 7) is 1.97. The lowest BCUT2D eigenvalue weighted by atomic mass is 10.2. The van der Waals surface area contributed by atoms with Crippen LogP contribution < -0.4 is 4.72 Å². The molecule has 2 rings (SSSR count). The molecule has 1 aromatic rings. The highest BCUT2D eigenvalue weighted by Gasteiger charge is 2.28. The van der Waals surface area contributed by atoms with Crippen molar-refractivity contribution in [2.24, 2.45) is 0 Å². The molecule has 0 aromatic heterocycles. The van der Waals surface area contributed by atoms with Crippen molar-refractivity contribution in [1.82, 2.24) is 0 Å². The van der Waals surface area contributed by atoms with Gasteiger partial charge in [0.1, 0.15) is 0 Å². The number of nitrogens with one attached hydrogen (secondary N) is 1. The summed E-state index contributed by atoms with van der Waals surface area (Å²) < 4.78 is 27.7. The fourth-order valence-electron chi connectivity index (χ4n) is 2.14. The largest absolute Gasteiger partial charge is 0.282 e. The Morgan fingerprint density at radius 2 is 1.94 bits per heavy atom. The lowest BCUT2D eigenvalue weighted by Crippen LogP contribution is -2.25. The fraction of sp³-hybridized carbons (Fsp3) is 0.500. The molecular weight excluding hydrogens is 302 g/mol. The topological polar surface area (TPSA) is 46.2 Å². The minimum atomic E-state index is -3.23. The third kappa shape index (κ3) is 3.01.